The average molecular weight is 835 g/mol. The molecule has 1 aliphatic carbocycles. The molecule has 4 nitrogen and oxygen atoms in total. The zero-order chi connectivity index (χ0) is 43.7. The lowest BCUT2D eigenvalue weighted by Gasteiger charge is -2.54. The molecule has 65 heavy (non-hydrogen) atoms. The first-order chi connectivity index (χ1) is 32.0. The fourth-order valence-electron chi connectivity index (χ4n) is 12.1. The monoisotopic (exact) mass is 834 g/mol. The molecule has 0 fully saturated rings. The Kier molecular flexibility index (Phi) is 9.04. The fraction of sp³-hybridized carbons (Fsp3) is 0.131. The van der Waals surface area contributed by atoms with Crippen molar-refractivity contribution in [2.75, 3.05) is 11.4 Å². The number of benzene rings is 8. The van der Waals surface area contributed by atoms with Crippen molar-refractivity contribution in [1.29, 1.82) is 5.26 Å². The van der Waals surface area contributed by atoms with E-state index >= 15 is 0 Å². The van der Waals surface area contributed by atoms with Crippen LogP contribution in [0, 0.1) is 25.2 Å². The molecular weight excluding hydrogens is 789 g/mol. The van der Waals surface area contributed by atoms with Crippen LogP contribution in [0.5, 0.6) is 0 Å². The van der Waals surface area contributed by atoms with E-state index in [0.717, 1.165) is 37.2 Å². The third-order valence-corrected chi connectivity index (χ3v) is 14.7. The normalized spacial score (nSPS) is 16.0. The lowest BCUT2D eigenvalue weighted by atomic mass is 9.55. The van der Waals surface area contributed by atoms with Crippen molar-refractivity contribution in [3.63, 3.8) is 0 Å². The number of anilines is 1. The summed E-state index contributed by atoms with van der Waals surface area (Å²) in [5.41, 5.74) is 22.3. The first-order valence-corrected chi connectivity index (χ1v) is 22.8. The molecule has 3 heterocycles. The summed E-state index contributed by atoms with van der Waals surface area (Å²) in [7, 11) is 0. The highest BCUT2D eigenvalue weighted by Gasteiger charge is 2.69. The van der Waals surface area contributed by atoms with Crippen LogP contribution < -0.4 is 4.90 Å². The summed E-state index contributed by atoms with van der Waals surface area (Å²) >= 11 is 0. The molecule has 9 aromatic rings. The van der Waals surface area contributed by atoms with Crippen LogP contribution in [0.4, 0.5) is 5.69 Å². The summed E-state index contributed by atoms with van der Waals surface area (Å²) in [6.07, 6.45) is 2.54. The maximum atomic E-state index is 9.80. The third-order valence-electron chi connectivity index (χ3n) is 14.7. The van der Waals surface area contributed by atoms with E-state index in [4.69, 9.17) is 10.2 Å². The van der Waals surface area contributed by atoms with E-state index in [1.54, 1.807) is 0 Å². The SMILES string of the molecule is Cc1nnc(C)c2c1N1CCc3ccccc3C1(CCc1ccc(C#N)cc1)C21c2cc(-c3ccccc3)c(-c3ccccc3)cc2-c2cc(-c3ccccc3)c(-c3ccccc3)cc21. The van der Waals surface area contributed by atoms with Gasteiger partial charge >= 0.3 is 0 Å². The molecule has 8 aromatic carbocycles. The van der Waals surface area contributed by atoms with Crippen LogP contribution >= 0.6 is 0 Å². The van der Waals surface area contributed by atoms with Crippen LogP contribution in [-0.2, 0) is 23.8 Å². The molecule has 2 aliphatic heterocycles. The smallest absolute Gasteiger partial charge is 0.0991 e. The largest absolute Gasteiger partial charge is 0.358 e. The topological polar surface area (TPSA) is 52.8 Å². The zero-order valence-corrected chi connectivity index (χ0v) is 36.6. The van der Waals surface area contributed by atoms with Gasteiger partial charge in [0.2, 0.25) is 0 Å². The van der Waals surface area contributed by atoms with Crippen LogP contribution in [0.3, 0.4) is 0 Å². The Morgan fingerprint density at radius 2 is 0.969 bits per heavy atom. The predicted molar refractivity (Wildman–Crippen MR) is 264 cm³/mol. The lowest BCUT2D eigenvalue weighted by molar-refractivity contribution is 0.276. The molecule has 1 atom stereocenters. The Morgan fingerprint density at radius 3 is 1.48 bits per heavy atom. The number of aryl methyl sites for hydroxylation is 3. The third kappa shape index (κ3) is 5.68. The van der Waals surface area contributed by atoms with Gasteiger partial charge in [0, 0.05) is 12.1 Å². The van der Waals surface area contributed by atoms with Gasteiger partial charge in [-0.05, 0) is 153 Å². The molecule has 1 aromatic heterocycles. The predicted octanol–water partition coefficient (Wildman–Crippen LogP) is 13.9. The molecule has 4 heteroatoms. The van der Waals surface area contributed by atoms with Gasteiger partial charge in [0.25, 0.3) is 0 Å². The fourth-order valence-corrected chi connectivity index (χ4v) is 12.1. The molecule has 0 saturated heterocycles. The lowest BCUT2D eigenvalue weighted by Crippen LogP contribution is -2.59. The minimum atomic E-state index is -0.738. The Hall–Kier alpha value is -7.87. The highest BCUT2D eigenvalue weighted by molar-refractivity contribution is 6.00. The van der Waals surface area contributed by atoms with Crippen LogP contribution in [0.2, 0.25) is 0 Å². The van der Waals surface area contributed by atoms with E-state index in [2.05, 4.69) is 207 Å². The van der Waals surface area contributed by atoms with Crippen molar-refractivity contribution >= 4 is 5.69 Å². The molecule has 12 rings (SSSR count). The summed E-state index contributed by atoms with van der Waals surface area (Å²) < 4.78 is 0. The van der Waals surface area contributed by atoms with E-state index in [9.17, 15) is 5.26 Å². The van der Waals surface area contributed by atoms with Crippen LogP contribution in [0.1, 0.15) is 56.8 Å². The molecule has 310 valence electrons. The van der Waals surface area contributed by atoms with Crippen molar-refractivity contribution in [3.8, 4) is 61.7 Å². The second kappa shape index (κ2) is 15.1. The van der Waals surface area contributed by atoms with Gasteiger partial charge in [0.05, 0.1) is 39.7 Å². The van der Waals surface area contributed by atoms with Gasteiger partial charge in [-0.1, -0.05) is 158 Å². The van der Waals surface area contributed by atoms with E-state index in [1.807, 2.05) is 12.1 Å². The molecule has 1 spiro atoms. The molecule has 1 unspecified atom stereocenters. The van der Waals surface area contributed by atoms with Crippen molar-refractivity contribution < 1.29 is 0 Å². The van der Waals surface area contributed by atoms with E-state index < -0.39 is 11.0 Å². The number of rotatable bonds is 7. The highest BCUT2D eigenvalue weighted by atomic mass is 15.3. The Balaban J connectivity index is 1.29. The number of aromatic nitrogens is 2. The molecule has 3 aliphatic rings. The summed E-state index contributed by atoms with van der Waals surface area (Å²) in [5, 5.41) is 19.8. The van der Waals surface area contributed by atoms with Gasteiger partial charge in [-0.15, -0.1) is 0 Å². The second-order valence-electron chi connectivity index (χ2n) is 17.9. The first-order valence-electron chi connectivity index (χ1n) is 22.8. The maximum Gasteiger partial charge on any atom is 0.0991 e. The Labute approximate surface area is 381 Å². The molecule has 0 saturated carbocycles. The number of nitrogens with zero attached hydrogens (tertiary/aromatic N) is 4. The Morgan fingerprint density at radius 1 is 0.508 bits per heavy atom. The number of hydrogen-bond acceptors (Lipinski definition) is 4. The molecule has 0 bridgehead atoms. The Bertz CT molecular complexity index is 3200. The van der Waals surface area contributed by atoms with Crippen molar-refractivity contribution in [3.05, 3.63) is 244 Å². The average Bonchev–Trinajstić information content (AvgIpc) is 3.82. The van der Waals surface area contributed by atoms with Gasteiger partial charge in [-0.25, -0.2) is 0 Å². The summed E-state index contributed by atoms with van der Waals surface area (Å²) in [6.45, 7) is 5.20. The van der Waals surface area contributed by atoms with Crippen molar-refractivity contribution in [2.45, 2.75) is 44.1 Å². The van der Waals surface area contributed by atoms with Crippen molar-refractivity contribution in [2.24, 2.45) is 0 Å². The number of nitriles is 1. The van der Waals surface area contributed by atoms with Gasteiger partial charge < -0.3 is 4.90 Å². The van der Waals surface area contributed by atoms with Crippen LogP contribution in [0.15, 0.2) is 194 Å². The number of fused-ring (bicyclic) bond motifs is 12. The van der Waals surface area contributed by atoms with Crippen molar-refractivity contribution in [1.82, 2.24) is 10.2 Å². The minimum absolute atomic E-state index is 0.608. The van der Waals surface area contributed by atoms with E-state index in [0.29, 0.717) is 5.56 Å². The van der Waals surface area contributed by atoms with Gasteiger partial charge in [-0.3, -0.25) is 0 Å². The van der Waals surface area contributed by atoms with Crippen LogP contribution in [-0.4, -0.2) is 16.7 Å². The zero-order valence-electron chi connectivity index (χ0n) is 36.6. The standard InChI is InChI=1S/C61H46N4/c1-40-58-59(41(2)64-63-40)65-34-32-48-25-15-16-26-55(48)60(65,33-31-42-27-29-43(39-62)30-28-42)61(58)56-37-51(46-21-11-5-12-22-46)49(44-17-7-3-8-18-44)35-53(56)54-36-50(45-19-9-4-10-20-45)52(38-57(54)61)47-23-13-6-14-24-47/h3-30,35-38H,31-34H2,1-2H3. The molecular formula is C61H46N4. The second-order valence-corrected chi connectivity index (χ2v) is 17.9. The highest BCUT2D eigenvalue weighted by Crippen LogP contribution is 2.72. The maximum absolute atomic E-state index is 9.80. The van der Waals surface area contributed by atoms with E-state index in [1.165, 1.54) is 94.7 Å². The van der Waals surface area contributed by atoms with Crippen LogP contribution in [0.25, 0.3) is 55.6 Å². The summed E-state index contributed by atoms with van der Waals surface area (Å²) in [4.78, 5) is 2.77. The quantitative estimate of drug-likeness (QED) is 0.160. The molecule has 0 amide bonds. The number of hydrogen-bond donors (Lipinski definition) is 0. The first kappa shape index (κ1) is 38.8. The summed E-state index contributed by atoms with van der Waals surface area (Å²) in [6, 6.07) is 73.7. The van der Waals surface area contributed by atoms with Gasteiger partial charge in [-0.2, -0.15) is 15.5 Å². The molecule has 0 radical (unpaired) electrons. The minimum Gasteiger partial charge on any atom is -0.358 e. The van der Waals surface area contributed by atoms with Gasteiger partial charge in [0.1, 0.15) is 0 Å². The molecule has 0 N–H and O–H groups in total. The van der Waals surface area contributed by atoms with E-state index in [-0.39, 0.29) is 0 Å². The van der Waals surface area contributed by atoms with Gasteiger partial charge in [0.15, 0.2) is 0 Å². The summed E-state index contributed by atoms with van der Waals surface area (Å²) in [5.74, 6) is 0.